The molecular weight excluding hydrogens is 275 g/mol. The number of benzene rings is 1. The molecule has 0 aromatic heterocycles. The second-order valence-electron chi connectivity index (χ2n) is 4.13. The number of hydrogen-bond acceptors (Lipinski definition) is 3. The topological polar surface area (TPSA) is 55.2 Å². The molecule has 4 nitrogen and oxygen atoms in total. The molecule has 0 amide bonds. The summed E-state index contributed by atoms with van der Waals surface area (Å²) in [5.74, 6) is 0. The molecular formula is C12H16Cl2N2O2. The van der Waals surface area contributed by atoms with Crippen LogP contribution in [0.4, 0.5) is 5.69 Å². The van der Waals surface area contributed by atoms with Crippen molar-refractivity contribution in [3.63, 3.8) is 0 Å². The zero-order valence-electron chi connectivity index (χ0n) is 10.4. The van der Waals surface area contributed by atoms with Gasteiger partial charge in [0.1, 0.15) is 0 Å². The molecule has 1 atom stereocenters. The van der Waals surface area contributed by atoms with E-state index in [1.165, 1.54) is 6.07 Å². The zero-order valence-corrected chi connectivity index (χ0v) is 11.9. The van der Waals surface area contributed by atoms with Crippen LogP contribution in [0.3, 0.4) is 0 Å². The molecule has 1 aromatic rings. The third-order valence-electron chi connectivity index (χ3n) is 2.83. The van der Waals surface area contributed by atoms with Crippen LogP contribution < -0.4 is 5.32 Å². The van der Waals surface area contributed by atoms with Crippen molar-refractivity contribution in [2.45, 2.75) is 32.2 Å². The Labute approximate surface area is 116 Å². The molecule has 1 N–H and O–H groups in total. The summed E-state index contributed by atoms with van der Waals surface area (Å²) in [6.07, 6.45) is 2.53. The molecule has 18 heavy (non-hydrogen) atoms. The lowest BCUT2D eigenvalue weighted by Crippen LogP contribution is -2.27. The first kappa shape index (κ1) is 15.2. The molecule has 0 radical (unpaired) electrons. The molecule has 6 heteroatoms. The number of likely N-dealkylation sites (N-methyl/N-ethyl adjacent to an activating group) is 1. The maximum absolute atomic E-state index is 11.0. The van der Waals surface area contributed by atoms with Crippen LogP contribution in [-0.2, 0) is 6.42 Å². The molecule has 0 bridgehead atoms. The van der Waals surface area contributed by atoms with E-state index < -0.39 is 4.92 Å². The summed E-state index contributed by atoms with van der Waals surface area (Å²) in [7, 11) is 1.85. The first-order chi connectivity index (χ1) is 8.49. The molecule has 0 fully saturated rings. The average Bonchev–Trinajstić information content (AvgIpc) is 2.32. The van der Waals surface area contributed by atoms with E-state index in [1.54, 1.807) is 6.07 Å². The Bertz CT molecular complexity index is 438. The number of halogens is 2. The summed E-state index contributed by atoms with van der Waals surface area (Å²) >= 11 is 11.7. The second-order valence-corrected chi connectivity index (χ2v) is 4.94. The van der Waals surface area contributed by atoms with E-state index in [1.807, 2.05) is 7.05 Å². The van der Waals surface area contributed by atoms with Crippen molar-refractivity contribution >= 4 is 28.9 Å². The van der Waals surface area contributed by atoms with Crippen molar-refractivity contribution in [3.8, 4) is 0 Å². The number of rotatable bonds is 6. The smallest absolute Gasteiger partial charge is 0.274 e. The van der Waals surface area contributed by atoms with Gasteiger partial charge in [-0.25, -0.2) is 0 Å². The Morgan fingerprint density at radius 1 is 1.39 bits per heavy atom. The number of nitrogens with zero attached hydrogens (tertiary/aromatic N) is 1. The number of nitro groups is 1. The molecule has 0 heterocycles. The highest BCUT2D eigenvalue weighted by Gasteiger charge is 2.19. The third kappa shape index (κ3) is 3.83. The molecule has 0 spiro atoms. The number of nitrogens with one attached hydrogen (secondary N) is 1. The van der Waals surface area contributed by atoms with E-state index in [4.69, 9.17) is 23.2 Å². The maximum Gasteiger partial charge on any atom is 0.274 e. The largest absolute Gasteiger partial charge is 0.317 e. The Balaban J connectivity index is 3.06. The van der Waals surface area contributed by atoms with Gasteiger partial charge in [-0.15, -0.1) is 0 Å². The molecule has 0 aliphatic carbocycles. The van der Waals surface area contributed by atoms with Gasteiger partial charge in [-0.2, -0.15) is 0 Å². The van der Waals surface area contributed by atoms with Gasteiger partial charge < -0.3 is 5.32 Å². The molecule has 1 aromatic carbocycles. The Morgan fingerprint density at radius 3 is 2.50 bits per heavy atom. The summed E-state index contributed by atoms with van der Waals surface area (Å²) in [6, 6.07) is 3.10. The Kier molecular flexibility index (Phi) is 5.85. The maximum atomic E-state index is 11.0. The Hall–Kier alpha value is -0.840. The third-order valence-corrected chi connectivity index (χ3v) is 3.55. The Morgan fingerprint density at radius 2 is 2.00 bits per heavy atom. The standard InChI is InChI=1S/C12H16Cl2N2O2/c1-3-4-9(15-2)5-8-6-10(13)11(14)7-12(8)16(17)18/h6-7,9,15H,3-5H2,1-2H3. The monoisotopic (exact) mass is 290 g/mol. The van der Waals surface area contributed by atoms with Crippen molar-refractivity contribution in [1.29, 1.82) is 0 Å². The quantitative estimate of drug-likeness (QED) is 0.640. The lowest BCUT2D eigenvalue weighted by atomic mass is 10.0. The molecule has 1 unspecified atom stereocenters. The summed E-state index contributed by atoms with van der Waals surface area (Å²) in [6.45, 7) is 2.08. The second kappa shape index (κ2) is 6.92. The van der Waals surface area contributed by atoms with Crippen LogP contribution in [0.25, 0.3) is 0 Å². The SMILES string of the molecule is CCCC(Cc1cc(Cl)c(Cl)cc1[N+](=O)[O-])NC. The number of hydrogen-bond donors (Lipinski definition) is 1. The van der Waals surface area contributed by atoms with Crippen LogP contribution >= 0.6 is 23.2 Å². The van der Waals surface area contributed by atoms with E-state index in [9.17, 15) is 10.1 Å². The van der Waals surface area contributed by atoms with Crippen molar-refractivity contribution in [1.82, 2.24) is 5.32 Å². The van der Waals surface area contributed by atoms with Crippen molar-refractivity contribution in [2.75, 3.05) is 7.05 Å². The van der Waals surface area contributed by atoms with Crippen molar-refractivity contribution < 1.29 is 4.92 Å². The van der Waals surface area contributed by atoms with Gasteiger partial charge in [-0.3, -0.25) is 10.1 Å². The van der Waals surface area contributed by atoms with Crippen LogP contribution in [0, 0.1) is 10.1 Å². The number of nitro benzene ring substituents is 1. The van der Waals surface area contributed by atoms with Gasteiger partial charge in [-0.1, -0.05) is 36.5 Å². The molecule has 0 saturated heterocycles. The zero-order chi connectivity index (χ0) is 13.7. The van der Waals surface area contributed by atoms with Gasteiger partial charge >= 0.3 is 0 Å². The van der Waals surface area contributed by atoms with Gasteiger partial charge in [0.15, 0.2) is 0 Å². The highest BCUT2D eigenvalue weighted by Crippen LogP contribution is 2.31. The van der Waals surface area contributed by atoms with Gasteiger partial charge in [0, 0.05) is 17.7 Å². The fraction of sp³-hybridized carbons (Fsp3) is 0.500. The summed E-state index contributed by atoms with van der Waals surface area (Å²) in [5.41, 5.74) is 0.642. The predicted molar refractivity (Wildman–Crippen MR) is 74.6 cm³/mol. The van der Waals surface area contributed by atoms with E-state index >= 15 is 0 Å². The van der Waals surface area contributed by atoms with Crippen LogP contribution in [0.5, 0.6) is 0 Å². The van der Waals surface area contributed by atoms with Gasteiger partial charge in [0.05, 0.1) is 15.0 Å². The lowest BCUT2D eigenvalue weighted by molar-refractivity contribution is -0.385. The minimum atomic E-state index is -0.420. The molecule has 0 saturated carbocycles. The van der Waals surface area contributed by atoms with E-state index in [-0.39, 0.29) is 16.8 Å². The highest BCUT2D eigenvalue weighted by molar-refractivity contribution is 6.42. The fourth-order valence-corrected chi connectivity index (χ4v) is 2.22. The van der Waals surface area contributed by atoms with Crippen LogP contribution in [0.15, 0.2) is 12.1 Å². The van der Waals surface area contributed by atoms with Gasteiger partial charge in [0.25, 0.3) is 5.69 Å². The minimum absolute atomic E-state index is 0.0285. The van der Waals surface area contributed by atoms with Crippen molar-refractivity contribution in [2.24, 2.45) is 0 Å². The van der Waals surface area contributed by atoms with Crippen LogP contribution in [0.1, 0.15) is 25.3 Å². The first-order valence-electron chi connectivity index (χ1n) is 5.79. The lowest BCUT2D eigenvalue weighted by Gasteiger charge is -2.15. The van der Waals surface area contributed by atoms with Crippen LogP contribution in [-0.4, -0.2) is 18.0 Å². The van der Waals surface area contributed by atoms with E-state index in [2.05, 4.69) is 12.2 Å². The van der Waals surface area contributed by atoms with Gasteiger partial charge in [0.2, 0.25) is 0 Å². The van der Waals surface area contributed by atoms with E-state index in [0.29, 0.717) is 17.0 Å². The minimum Gasteiger partial charge on any atom is -0.317 e. The van der Waals surface area contributed by atoms with Crippen LogP contribution in [0.2, 0.25) is 10.0 Å². The average molecular weight is 291 g/mol. The summed E-state index contributed by atoms with van der Waals surface area (Å²) < 4.78 is 0. The molecule has 100 valence electrons. The molecule has 1 rings (SSSR count). The highest BCUT2D eigenvalue weighted by atomic mass is 35.5. The first-order valence-corrected chi connectivity index (χ1v) is 6.54. The normalized spacial score (nSPS) is 12.4. The van der Waals surface area contributed by atoms with Crippen molar-refractivity contribution in [3.05, 3.63) is 37.9 Å². The van der Waals surface area contributed by atoms with Gasteiger partial charge in [-0.05, 0) is 26.0 Å². The summed E-state index contributed by atoms with van der Waals surface area (Å²) in [4.78, 5) is 10.6. The molecule has 0 aliphatic heterocycles. The summed E-state index contributed by atoms with van der Waals surface area (Å²) in [5, 5.41) is 14.7. The predicted octanol–water partition coefficient (Wildman–Crippen LogP) is 3.83. The van der Waals surface area contributed by atoms with E-state index in [0.717, 1.165) is 12.8 Å². The molecule has 0 aliphatic rings. The fourth-order valence-electron chi connectivity index (χ4n) is 1.87.